The van der Waals surface area contributed by atoms with Gasteiger partial charge in [0.05, 0.1) is 0 Å². The van der Waals surface area contributed by atoms with Crippen LogP contribution in [-0.2, 0) is 6.54 Å². The van der Waals surface area contributed by atoms with E-state index in [0.29, 0.717) is 0 Å². The molecule has 0 saturated carbocycles. The maximum Gasteiger partial charge on any atom is 0.202 e. The second kappa shape index (κ2) is 5.91. The zero-order chi connectivity index (χ0) is 9.52. The fourth-order valence-corrected chi connectivity index (χ4v) is 1.46. The summed E-state index contributed by atoms with van der Waals surface area (Å²) in [5, 5.41) is 3.29. The highest BCUT2D eigenvalue weighted by Gasteiger charge is 1.99. The first kappa shape index (κ1) is 10.4. The van der Waals surface area contributed by atoms with Crippen LogP contribution in [0.5, 0.6) is 0 Å². The van der Waals surface area contributed by atoms with E-state index in [1.54, 1.807) is 0 Å². The van der Waals surface area contributed by atoms with E-state index >= 15 is 0 Å². The number of hydrogen-bond acceptors (Lipinski definition) is 3. The highest BCUT2D eigenvalue weighted by atomic mass is 32.2. The molecule has 1 N–H and O–H groups in total. The van der Waals surface area contributed by atoms with Crippen molar-refractivity contribution in [1.29, 1.82) is 0 Å². The first-order valence-corrected chi connectivity index (χ1v) is 6.01. The van der Waals surface area contributed by atoms with Crippen LogP contribution in [-0.4, -0.2) is 28.1 Å². The molecule has 1 aromatic rings. The monoisotopic (exact) mass is 199 g/mol. The third-order valence-corrected chi connectivity index (χ3v) is 2.38. The van der Waals surface area contributed by atoms with E-state index in [9.17, 15) is 0 Å². The molecule has 1 heterocycles. The molecular formula is C9H17N3S. The van der Waals surface area contributed by atoms with Crippen LogP contribution >= 0.6 is 11.8 Å². The van der Waals surface area contributed by atoms with Gasteiger partial charge in [0.1, 0.15) is 0 Å². The molecule has 0 amide bonds. The van der Waals surface area contributed by atoms with Crippen molar-refractivity contribution in [3.63, 3.8) is 0 Å². The van der Waals surface area contributed by atoms with Gasteiger partial charge in [0.2, 0.25) is 5.95 Å². The van der Waals surface area contributed by atoms with Gasteiger partial charge in [0.25, 0.3) is 0 Å². The number of nitrogens with zero attached hydrogens (tertiary/aromatic N) is 2. The van der Waals surface area contributed by atoms with E-state index < -0.39 is 0 Å². The maximum atomic E-state index is 4.25. The molecule has 74 valence electrons. The molecule has 0 aliphatic rings. The van der Waals surface area contributed by atoms with E-state index in [2.05, 4.69) is 28.0 Å². The van der Waals surface area contributed by atoms with Gasteiger partial charge >= 0.3 is 0 Å². The lowest BCUT2D eigenvalue weighted by molar-refractivity contribution is 0.769. The predicted molar refractivity (Wildman–Crippen MR) is 59.4 cm³/mol. The molecule has 0 fully saturated rings. The number of thioether (sulfide) groups is 1. The number of nitrogens with one attached hydrogen (secondary N) is 1. The molecule has 3 nitrogen and oxygen atoms in total. The van der Waals surface area contributed by atoms with Crippen molar-refractivity contribution in [2.45, 2.75) is 19.9 Å². The standard InChI is InChI=1S/C9H17N3S/c1-3-4-10-9-11-5-6-12(9)7-8-13-2/h5-6H,3-4,7-8H2,1-2H3,(H,10,11). The van der Waals surface area contributed by atoms with Gasteiger partial charge in [-0.05, 0) is 12.7 Å². The van der Waals surface area contributed by atoms with Gasteiger partial charge in [-0.1, -0.05) is 6.92 Å². The zero-order valence-corrected chi connectivity index (χ0v) is 9.10. The largest absolute Gasteiger partial charge is 0.356 e. The Morgan fingerprint density at radius 3 is 3.15 bits per heavy atom. The van der Waals surface area contributed by atoms with E-state index in [1.165, 1.54) is 0 Å². The highest BCUT2D eigenvalue weighted by molar-refractivity contribution is 7.98. The van der Waals surface area contributed by atoms with Crippen LogP contribution in [0, 0.1) is 0 Å². The number of aryl methyl sites for hydroxylation is 1. The average Bonchev–Trinajstić information content (AvgIpc) is 2.59. The van der Waals surface area contributed by atoms with Crippen molar-refractivity contribution in [3.05, 3.63) is 12.4 Å². The SMILES string of the molecule is CCCNc1nccn1CCSC. The topological polar surface area (TPSA) is 29.9 Å². The van der Waals surface area contributed by atoms with E-state index in [1.807, 2.05) is 24.2 Å². The normalized spacial score (nSPS) is 10.3. The Morgan fingerprint density at radius 1 is 1.62 bits per heavy atom. The summed E-state index contributed by atoms with van der Waals surface area (Å²) in [7, 11) is 0. The van der Waals surface area contributed by atoms with Gasteiger partial charge in [-0.15, -0.1) is 0 Å². The van der Waals surface area contributed by atoms with Crippen molar-refractivity contribution in [2.24, 2.45) is 0 Å². The summed E-state index contributed by atoms with van der Waals surface area (Å²) in [6, 6.07) is 0. The van der Waals surface area contributed by atoms with E-state index in [-0.39, 0.29) is 0 Å². The van der Waals surface area contributed by atoms with Crippen LogP contribution in [0.4, 0.5) is 5.95 Å². The minimum atomic E-state index is 0.996. The van der Waals surface area contributed by atoms with Crippen molar-refractivity contribution < 1.29 is 0 Å². The molecule has 0 atom stereocenters. The minimum Gasteiger partial charge on any atom is -0.356 e. The Morgan fingerprint density at radius 2 is 2.46 bits per heavy atom. The first-order valence-electron chi connectivity index (χ1n) is 4.62. The Hall–Kier alpha value is -0.640. The molecule has 0 aliphatic carbocycles. The number of aromatic nitrogens is 2. The van der Waals surface area contributed by atoms with Crippen molar-refractivity contribution in [1.82, 2.24) is 9.55 Å². The molecule has 4 heteroatoms. The summed E-state index contributed by atoms with van der Waals surface area (Å²) in [6.45, 7) is 4.19. The molecular weight excluding hydrogens is 182 g/mol. The van der Waals surface area contributed by atoms with E-state index in [0.717, 1.165) is 31.2 Å². The lowest BCUT2D eigenvalue weighted by atomic mass is 10.5. The molecule has 0 radical (unpaired) electrons. The predicted octanol–water partition coefficient (Wildman–Crippen LogP) is 2.07. The molecule has 1 aromatic heterocycles. The third-order valence-electron chi connectivity index (χ3n) is 1.78. The van der Waals surface area contributed by atoms with Crippen LogP contribution < -0.4 is 5.32 Å². The van der Waals surface area contributed by atoms with Crippen LogP contribution in [0.25, 0.3) is 0 Å². The lowest BCUT2D eigenvalue weighted by Crippen LogP contribution is -2.08. The van der Waals surface area contributed by atoms with Crippen LogP contribution in [0.2, 0.25) is 0 Å². The second-order valence-corrected chi connectivity index (χ2v) is 3.85. The highest BCUT2D eigenvalue weighted by Crippen LogP contribution is 2.05. The minimum absolute atomic E-state index is 0.996. The molecule has 0 aromatic carbocycles. The maximum absolute atomic E-state index is 4.25. The van der Waals surface area contributed by atoms with Crippen LogP contribution in [0.15, 0.2) is 12.4 Å². The fraction of sp³-hybridized carbons (Fsp3) is 0.667. The molecule has 0 spiro atoms. The first-order chi connectivity index (χ1) is 6.38. The van der Waals surface area contributed by atoms with Crippen molar-refractivity contribution >= 4 is 17.7 Å². The van der Waals surface area contributed by atoms with Crippen molar-refractivity contribution in [2.75, 3.05) is 23.9 Å². The van der Waals surface area contributed by atoms with Crippen LogP contribution in [0.1, 0.15) is 13.3 Å². The summed E-state index contributed by atoms with van der Waals surface area (Å²) >= 11 is 1.86. The Bertz CT molecular complexity index is 212. The molecule has 0 bridgehead atoms. The summed E-state index contributed by atoms with van der Waals surface area (Å²) in [6.07, 6.45) is 7.12. The molecule has 1 rings (SSSR count). The van der Waals surface area contributed by atoms with Gasteiger partial charge in [-0.25, -0.2) is 4.98 Å². The fourth-order valence-electron chi connectivity index (χ4n) is 1.08. The number of imidazole rings is 1. The van der Waals surface area contributed by atoms with E-state index in [4.69, 9.17) is 0 Å². The number of anilines is 1. The third kappa shape index (κ3) is 3.30. The van der Waals surface area contributed by atoms with Gasteiger partial charge in [-0.2, -0.15) is 11.8 Å². The molecule has 0 unspecified atom stereocenters. The molecule has 0 aliphatic heterocycles. The number of rotatable bonds is 6. The Balaban J connectivity index is 2.45. The smallest absolute Gasteiger partial charge is 0.202 e. The van der Waals surface area contributed by atoms with Gasteiger partial charge in [0.15, 0.2) is 0 Å². The summed E-state index contributed by atoms with van der Waals surface area (Å²) in [5.74, 6) is 2.13. The summed E-state index contributed by atoms with van der Waals surface area (Å²) < 4.78 is 2.16. The molecule has 0 saturated heterocycles. The summed E-state index contributed by atoms with van der Waals surface area (Å²) in [5.41, 5.74) is 0. The lowest BCUT2D eigenvalue weighted by Gasteiger charge is -2.07. The summed E-state index contributed by atoms with van der Waals surface area (Å²) in [4.78, 5) is 4.25. The number of hydrogen-bond donors (Lipinski definition) is 1. The van der Waals surface area contributed by atoms with Crippen LogP contribution in [0.3, 0.4) is 0 Å². The Labute approximate surface area is 83.9 Å². The van der Waals surface area contributed by atoms with Crippen molar-refractivity contribution in [3.8, 4) is 0 Å². The zero-order valence-electron chi connectivity index (χ0n) is 8.29. The van der Waals surface area contributed by atoms with Gasteiger partial charge in [0, 0.05) is 31.2 Å². The van der Waals surface area contributed by atoms with Gasteiger partial charge < -0.3 is 9.88 Å². The Kier molecular flexibility index (Phi) is 4.75. The second-order valence-electron chi connectivity index (χ2n) is 2.86. The quantitative estimate of drug-likeness (QED) is 0.760. The average molecular weight is 199 g/mol. The molecule has 13 heavy (non-hydrogen) atoms. The van der Waals surface area contributed by atoms with Gasteiger partial charge in [-0.3, -0.25) is 0 Å².